The lowest BCUT2D eigenvalue weighted by atomic mass is 10.1. The van der Waals surface area contributed by atoms with Crippen molar-refractivity contribution in [1.29, 1.82) is 0 Å². The fourth-order valence-electron chi connectivity index (χ4n) is 1.41. The van der Waals surface area contributed by atoms with Crippen LogP contribution in [0, 0.1) is 0 Å². The van der Waals surface area contributed by atoms with E-state index in [1.165, 1.54) is 0 Å². The lowest BCUT2D eigenvalue weighted by molar-refractivity contribution is -0.873. The van der Waals surface area contributed by atoms with E-state index >= 15 is 0 Å². The Morgan fingerprint density at radius 3 is 2.20 bits per heavy atom. The largest absolute Gasteiger partial charge is 0.470 e. The fourth-order valence-corrected chi connectivity index (χ4v) is 1.97. The summed E-state index contributed by atoms with van der Waals surface area (Å²) in [6.45, 7) is 2.64. The lowest BCUT2D eigenvalue weighted by Gasteiger charge is -2.29. The van der Waals surface area contributed by atoms with Gasteiger partial charge in [-0.15, -0.1) is 0 Å². The highest BCUT2D eigenvalue weighted by Crippen LogP contribution is 2.38. The van der Waals surface area contributed by atoms with Gasteiger partial charge in [0.25, 0.3) is 0 Å². The number of nitrogens with zero attached hydrogens (tertiary/aromatic N) is 1. The molecule has 2 N–H and O–H groups in total. The van der Waals surface area contributed by atoms with Crippen molar-refractivity contribution in [3.8, 4) is 0 Å². The average molecular weight is 240 g/mol. The van der Waals surface area contributed by atoms with Gasteiger partial charge in [-0.1, -0.05) is 19.8 Å². The predicted octanol–water partition coefficient (Wildman–Crippen LogP) is 1.36. The van der Waals surface area contributed by atoms with Crippen LogP contribution in [0.2, 0.25) is 0 Å². The Balaban J connectivity index is 4.25. The Labute approximate surface area is 91.9 Å². The number of unbranched alkanes of at least 4 members (excludes halogenated alkanes) is 1. The van der Waals surface area contributed by atoms with Crippen LogP contribution in [0.1, 0.15) is 26.2 Å². The molecule has 1 unspecified atom stereocenters. The zero-order chi connectivity index (χ0) is 12.1. The minimum Gasteiger partial charge on any atom is -0.329 e. The van der Waals surface area contributed by atoms with Crippen LogP contribution in [-0.2, 0) is 9.09 Å². The summed E-state index contributed by atoms with van der Waals surface area (Å²) in [7, 11) is 1.56. The lowest BCUT2D eigenvalue weighted by Crippen LogP contribution is -2.42. The van der Waals surface area contributed by atoms with Gasteiger partial charge in [-0.05, 0) is 6.42 Å². The summed E-state index contributed by atoms with van der Waals surface area (Å²) in [6, 6.07) is 0. The number of rotatable bonds is 7. The van der Waals surface area contributed by atoms with Crippen LogP contribution in [0.3, 0.4) is 0 Å². The van der Waals surface area contributed by atoms with Gasteiger partial charge in [0, 0.05) is 0 Å². The molecule has 0 aromatic carbocycles. The van der Waals surface area contributed by atoms with Crippen LogP contribution in [0.5, 0.6) is 0 Å². The molecule has 0 spiro atoms. The molecule has 0 saturated heterocycles. The fraction of sp³-hybridized carbons (Fsp3) is 1.00. The Hall–Kier alpha value is 0.0700. The highest BCUT2D eigenvalue weighted by atomic mass is 31.2. The summed E-state index contributed by atoms with van der Waals surface area (Å²) in [5, 5.41) is 0. The number of likely N-dealkylation sites (N-methyl/N-ethyl adjacent to an activating group) is 1. The van der Waals surface area contributed by atoms with E-state index in [9.17, 15) is 4.57 Å². The molecule has 1 atom stereocenters. The van der Waals surface area contributed by atoms with E-state index < -0.39 is 7.82 Å². The molecule has 0 amide bonds. The Morgan fingerprint density at radius 1 is 1.33 bits per heavy atom. The first kappa shape index (κ1) is 15.1. The predicted molar refractivity (Wildman–Crippen MR) is 59.3 cm³/mol. The third kappa shape index (κ3) is 10.4. The normalized spacial score (nSPS) is 15.3. The number of hydrogen-bond donors (Lipinski definition) is 2. The third-order valence-electron chi connectivity index (χ3n) is 1.92. The number of quaternary nitrogens is 1. The summed E-state index contributed by atoms with van der Waals surface area (Å²) in [4.78, 5) is 17.5. The van der Waals surface area contributed by atoms with Gasteiger partial charge < -0.3 is 14.3 Å². The third-order valence-corrected chi connectivity index (χ3v) is 2.49. The Bertz CT molecular complexity index is 221. The quantitative estimate of drug-likeness (QED) is 0.521. The van der Waals surface area contributed by atoms with Gasteiger partial charge in [0.1, 0.15) is 12.6 Å². The topological polar surface area (TPSA) is 66.8 Å². The van der Waals surface area contributed by atoms with Crippen molar-refractivity contribution < 1.29 is 23.4 Å². The molecular weight excluding hydrogens is 217 g/mol. The summed E-state index contributed by atoms with van der Waals surface area (Å²) < 4.78 is 16.2. The molecular formula is C9H23NO4P+. The average Bonchev–Trinajstić information content (AvgIpc) is 1.94. The van der Waals surface area contributed by atoms with Crippen molar-refractivity contribution in [3.05, 3.63) is 0 Å². The van der Waals surface area contributed by atoms with Gasteiger partial charge >= 0.3 is 7.82 Å². The number of phosphoric acid groups is 1. The van der Waals surface area contributed by atoms with Gasteiger partial charge in [0.2, 0.25) is 0 Å². The number of hydrogen-bond acceptors (Lipinski definition) is 2. The van der Waals surface area contributed by atoms with Crippen molar-refractivity contribution in [2.45, 2.75) is 32.3 Å². The zero-order valence-corrected chi connectivity index (χ0v) is 10.9. The SMILES string of the molecule is CCCCC(C[N+](C)(C)C)OP(=O)(O)O. The van der Waals surface area contributed by atoms with Crippen LogP contribution >= 0.6 is 7.82 Å². The van der Waals surface area contributed by atoms with Crippen LogP contribution in [0.15, 0.2) is 0 Å². The molecule has 0 radical (unpaired) electrons. The molecule has 0 bridgehead atoms. The molecule has 5 nitrogen and oxygen atoms in total. The molecule has 0 aliphatic heterocycles. The molecule has 15 heavy (non-hydrogen) atoms. The van der Waals surface area contributed by atoms with Crippen LogP contribution in [0.4, 0.5) is 0 Å². The maximum absolute atomic E-state index is 10.8. The van der Waals surface area contributed by atoms with Gasteiger partial charge in [0.15, 0.2) is 0 Å². The number of phosphoric ester groups is 1. The van der Waals surface area contributed by atoms with E-state index in [0.717, 1.165) is 12.8 Å². The molecule has 0 aliphatic rings. The first-order chi connectivity index (χ1) is 6.64. The Kier molecular flexibility index (Phi) is 5.99. The van der Waals surface area contributed by atoms with Gasteiger partial charge in [-0.2, -0.15) is 0 Å². The highest BCUT2D eigenvalue weighted by molar-refractivity contribution is 7.46. The maximum atomic E-state index is 10.8. The van der Waals surface area contributed by atoms with E-state index in [2.05, 4.69) is 0 Å². The van der Waals surface area contributed by atoms with E-state index in [1.54, 1.807) is 0 Å². The van der Waals surface area contributed by atoms with Crippen molar-refractivity contribution >= 4 is 7.82 Å². The molecule has 0 aliphatic carbocycles. The van der Waals surface area contributed by atoms with Gasteiger partial charge in [-0.25, -0.2) is 4.57 Å². The van der Waals surface area contributed by atoms with E-state index in [4.69, 9.17) is 14.3 Å². The monoisotopic (exact) mass is 240 g/mol. The highest BCUT2D eigenvalue weighted by Gasteiger charge is 2.26. The van der Waals surface area contributed by atoms with Crippen LogP contribution in [0.25, 0.3) is 0 Å². The molecule has 0 rings (SSSR count). The van der Waals surface area contributed by atoms with Crippen molar-refractivity contribution in [2.24, 2.45) is 0 Å². The van der Waals surface area contributed by atoms with E-state index in [1.807, 2.05) is 28.1 Å². The zero-order valence-electron chi connectivity index (χ0n) is 10.0. The minimum atomic E-state index is -4.36. The van der Waals surface area contributed by atoms with Crippen LogP contribution < -0.4 is 0 Å². The first-order valence-electron chi connectivity index (χ1n) is 5.18. The van der Waals surface area contributed by atoms with Crippen LogP contribution in [-0.4, -0.2) is 48.1 Å². The smallest absolute Gasteiger partial charge is 0.329 e. The first-order valence-corrected chi connectivity index (χ1v) is 6.71. The second-order valence-electron chi connectivity index (χ2n) is 4.83. The molecule has 0 heterocycles. The molecule has 0 aromatic heterocycles. The molecule has 0 aromatic rings. The Morgan fingerprint density at radius 2 is 1.87 bits per heavy atom. The summed E-state index contributed by atoms with van der Waals surface area (Å²) in [5.41, 5.74) is 0. The summed E-state index contributed by atoms with van der Waals surface area (Å²) in [6.07, 6.45) is 2.24. The van der Waals surface area contributed by atoms with E-state index in [-0.39, 0.29) is 6.10 Å². The second kappa shape index (κ2) is 5.97. The van der Waals surface area contributed by atoms with E-state index in [0.29, 0.717) is 17.4 Å². The molecule has 0 saturated carbocycles. The molecule has 6 heteroatoms. The maximum Gasteiger partial charge on any atom is 0.470 e. The molecule has 0 fully saturated rings. The van der Waals surface area contributed by atoms with Gasteiger partial charge in [0.05, 0.1) is 21.1 Å². The summed E-state index contributed by atoms with van der Waals surface area (Å²) in [5.74, 6) is 0. The van der Waals surface area contributed by atoms with Crippen molar-refractivity contribution in [3.63, 3.8) is 0 Å². The van der Waals surface area contributed by atoms with Gasteiger partial charge in [-0.3, -0.25) is 4.52 Å². The second-order valence-corrected chi connectivity index (χ2v) is 6.03. The van der Waals surface area contributed by atoms with Crippen molar-refractivity contribution in [2.75, 3.05) is 27.7 Å². The minimum absolute atomic E-state index is 0.370. The molecule has 92 valence electrons. The summed E-state index contributed by atoms with van der Waals surface area (Å²) >= 11 is 0. The standard InChI is InChI=1S/C9H22NO4P/c1-5-6-7-9(8-10(2,3)4)14-15(11,12)13/h9H,5-8H2,1-4H3,(H-,11,12,13)/p+1. The van der Waals surface area contributed by atoms with Crippen molar-refractivity contribution in [1.82, 2.24) is 0 Å².